The lowest BCUT2D eigenvalue weighted by atomic mass is 10.0. The topological polar surface area (TPSA) is 93.5 Å². The molecule has 1 aromatic carbocycles. The van der Waals surface area contributed by atoms with Gasteiger partial charge in [0.05, 0.1) is 29.0 Å². The normalized spacial score (nSPS) is 11.1. The molecule has 0 aliphatic carbocycles. The highest BCUT2D eigenvalue weighted by molar-refractivity contribution is 14.1. The zero-order valence-corrected chi connectivity index (χ0v) is 17.1. The molecule has 7 nitrogen and oxygen atoms in total. The summed E-state index contributed by atoms with van der Waals surface area (Å²) in [5, 5.41) is 8.80. The van der Waals surface area contributed by atoms with Gasteiger partial charge in [0.1, 0.15) is 11.3 Å². The van der Waals surface area contributed by atoms with Gasteiger partial charge in [0.25, 0.3) is 11.5 Å². The first-order valence-corrected chi connectivity index (χ1v) is 9.81. The number of nitrogens with one attached hydrogen (secondary N) is 1. The SMILES string of the molecule is Cn1c(Cc2ccc(I)cc2F)c(C(=O)NOCCO)c2scnc2c1=O. The second kappa shape index (κ2) is 8.42. The highest BCUT2D eigenvalue weighted by Crippen LogP contribution is 2.26. The minimum Gasteiger partial charge on any atom is -0.394 e. The van der Waals surface area contributed by atoms with Gasteiger partial charge < -0.3 is 9.67 Å². The molecule has 1 amide bonds. The molecule has 0 bridgehead atoms. The van der Waals surface area contributed by atoms with Gasteiger partial charge in [-0.2, -0.15) is 0 Å². The van der Waals surface area contributed by atoms with Gasteiger partial charge in [-0.05, 0) is 40.3 Å². The second-order valence-electron chi connectivity index (χ2n) is 5.63. The molecular formula is C17H15FIN3O4S. The van der Waals surface area contributed by atoms with E-state index in [9.17, 15) is 14.0 Å². The number of aromatic nitrogens is 2. The highest BCUT2D eigenvalue weighted by Gasteiger charge is 2.23. The van der Waals surface area contributed by atoms with Crippen molar-refractivity contribution < 1.29 is 19.1 Å². The van der Waals surface area contributed by atoms with Crippen molar-refractivity contribution in [3.63, 3.8) is 0 Å². The van der Waals surface area contributed by atoms with Gasteiger partial charge in [-0.1, -0.05) is 6.07 Å². The van der Waals surface area contributed by atoms with Crippen molar-refractivity contribution in [3.05, 3.63) is 60.3 Å². The van der Waals surface area contributed by atoms with Crippen LogP contribution in [0, 0.1) is 9.39 Å². The molecule has 142 valence electrons. The Balaban J connectivity index is 2.14. The minimum atomic E-state index is -0.589. The number of carbonyl (C=O) groups is 1. The molecule has 3 aromatic rings. The number of hydrogen-bond donors (Lipinski definition) is 2. The molecule has 0 fully saturated rings. The van der Waals surface area contributed by atoms with E-state index in [1.165, 1.54) is 23.2 Å². The Morgan fingerprint density at radius 1 is 1.48 bits per heavy atom. The third-order valence-corrected chi connectivity index (χ3v) is 5.47. The molecule has 0 aliphatic heterocycles. The molecule has 10 heteroatoms. The number of halogens is 2. The van der Waals surface area contributed by atoms with Gasteiger partial charge >= 0.3 is 0 Å². The number of pyridine rings is 1. The number of amides is 1. The fraction of sp³-hybridized carbons (Fsp3) is 0.235. The number of nitrogens with zero attached hydrogens (tertiary/aromatic N) is 2. The van der Waals surface area contributed by atoms with Crippen LogP contribution in [0.1, 0.15) is 21.6 Å². The zero-order chi connectivity index (χ0) is 19.6. The van der Waals surface area contributed by atoms with Crippen molar-refractivity contribution in [1.29, 1.82) is 0 Å². The number of benzene rings is 1. The second-order valence-corrected chi connectivity index (χ2v) is 7.73. The molecule has 0 atom stereocenters. The molecule has 0 radical (unpaired) electrons. The molecule has 0 saturated carbocycles. The predicted octanol–water partition coefficient (Wildman–Crippen LogP) is 1.98. The monoisotopic (exact) mass is 503 g/mol. The average Bonchev–Trinajstić information content (AvgIpc) is 3.11. The van der Waals surface area contributed by atoms with Crippen LogP contribution in [0.25, 0.3) is 10.2 Å². The number of carbonyl (C=O) groups excluding carboxylic acids is 1. The van der Waals surface area contributed by atoms with Crippen LogP contribution in [0.3, 0.4) is 0 Å². The van der Waals surface area contributed by atoms with Crippen LogP contribution in [0.15, 0.2) is 28.5 Å². The zero-order valence-electron chi connectivity index (χ0n) is 14.2. The van der Waals surface area contributed by atoms with E-state index in [2.05, 4.69) is 10.5 Å². The van der Waals surface area contributed by atoms with E-state index in [0.717, 1.165) is 14.9 Å². The van der Waals surface area contributed by atoms with E-state index in [0.29, 0.717) is 16.0 Å². The summed E-state index contributed by atoms with van der Waals surface area (Å²) >= 11 is 3.16. The van der Waals surface area contributed by atoms with Crippen LogP contribution < -0.4 is 11.0 Å². The lowest BCUT2D eigenvalue weighted by molar-refractivity contribution is 0.0168. The molecule has 0 saturated heterocycles. The maximum absolute atomic E-state index is 14.3. The molecular weight excluding hydrogens is 488 g/mol. The van der Waals surface area contributed by atoms with Gasteiger partial charge in [0.15, 0.2) is 0 Å². The van der Waals surface area contributed by atoms with E-state index in [1.807, 2.05) is 22.6 Å². The number of rotatable bonds is 6. The largest absolute Gasteiger partial charge is 0.394 e. The molecule has 0 spiro atoms. The first-order valence-electron chi connectivity index (χ1n) is 7.86. The summed E-state index contributed by atoms with van der Waals surface area (Å²) in [4.78, 5) is 34.2. The molecule has 0 aliphatic rings. The number of hydrogen-bond acceptors (Lipinski definition) is 6. The lowest BCUT2D eigenvalue weighted by Gasteiger charge is -2.15. The summed E-state index contributed by atoms with van der Waals surface area (Å²) in [5.41, 5.74) is 4.44. The van der Waals surface area contributed by atoms with Crippen LogP contribution in [0.4, 0.5) is 4.39 Å². The molecule has 0 unspecified atom stereocenters. The van der Waals surface area contributed by atoms with Crippen molar-refractivity contribution in [2.24, 2.45) is 7.05 Å². The minimum absolute atomic E-state index is 0.0467. The Hall–Kier alpha value is -1.89. The van der Waals surface area contributed by atoms with Crippen LogP contribution in [0.5, 0.6) is 0 Å². The predicted molar refractivity (Wildman–Crippen MR) is 107 cm³/mol. The Morgan fingerprint density at radius 2 is 2.26 bits per heavy atom. The molecule has 3 rings (SSSR count). The maximum Gasteiger partial charge on any atom is 0.278 e. The molecule has 27 heavy (non-hydrogen) atoms. The van der Waals surface area contributed by atoms with Gasteiger partial charge in [-0.3, -0.25) is 14.4 Å². The number of aliphatic hydroxyl groups is 1. The molecule has 2 aromatic heterocycles. The summed E-state index contributed by atoms with van der Waals surface area (Å²) in [7, 11) is 1.52. The van der Waals surface area contributed by atoms with Crippen LogP contribution in [-0.2, 0) is 18.3 Å². The smallest absolute Gasteiger partial charge is 0.278 e. The number of thiazole rings is 1. The number of fused-ring (bicyclic) bond motifs is 1. The quantitative estimate of drug-likeness (QED) is 0.305. The Bertz CT molecular complexity index is 1070. The fourth-order valence-corrected chi connectivity index (χ4v) is 3.95. The van der Waals surface area contributed by atoms with E-state index in [1.54, 1.807) is 12.1 Å². The van der Waals surface area contributed by atoms with Crippen molar-refractivity contribution >= 4 is 50.1 Å². The summed E-state index contributed by atoms with van der Waals surface area (Å²) < 4.78 is 16.8. The summed E-state index contributed by atoms with van der Waals surface area (Å²) in [6.07, 6.45) is 0.0467. The summed E-state index contributed by atoms with van der Waals surface area (Å²) in [5.74, 6) is -1.00. The van der Waals surface area contributed by atoms with Crippen molar-refractivity contribution in [1.82, 2.24) is 15.0 Å². The fourth-order valence-electron chi connectivity index (χ4n) is 2.66. The first-order chi connectivity index (χ1) is 12.9. The van der Waals surface area contributed by atoms with E-state index < -0.39 is 11.7 Å². The Morgan fingerprint density at radius 3 is 2.96 bits per heavy atom. The average molecular weight is 503 g/mol. The molecule has 2 N–H and O–H groups in total. The third-order valence-electron chi connectivity index (χ3n) is 3.95. The van der Waals surface area contributed by atoms with Crippen molar-refractivity contribution in [3.8, 4) is 0 Å². The third kappa shape index (κ3) is 4.03. The van der Waals surface area contributed by atoms with Crippen LogP contribution in [0.2, 0.25) is 0 Å². The number of aliphatic hydroxyl groups excluding tert-OH is 1. The summed E-state index contributed by atoms with van der Waals surface area (Å²) in [6.45, 7) is -0.339. The highest BCUT2D eigenvalue weighted by atomic mass is 127. The first kappa shape index (κ1) is 19.9. The van der Waals surface area contributed by atoms with Crippen LogP contribution in [-0.4, -0.2) is 33.8 Å². The van der Waals surface area contributed by atoms with E-state index in [4.69, 9.17) is 9.94 Å². The lowest BCUT2D eigenvalue weighted by Crippen LogP contribution is -2.31. The number of hydroxylamine groups is 1. The van der Waals surface area contributed by atoms with Gasteiger partial charge in [0.2, 0.25) is 0 Å². The van der Waals surface area contributed by atoms with Crippen molar-refractivity contribution in [2.45, 2.75) is 6.42 Å². The van der Waals surface area contributed by atoms with Crippen molar-refractivity contribution in [2.75, 3.05) is 13.2 Å². The van der Waals surface area contributed by atoms with E-state index >= 15 is 0 Å². The molecule has 2 heterocycles. The van der Waals surface area contributed by atoms with Crippen LogP contribution >= 0.6 is 33.9 Å². The maximum atomic E-state index is 14.3. The van der Waals surface area contributed by atoms with Gasteiger partial charge in [-0.25, -0.2) is 14.9 Å². The van der Waals surface area contributed by atoms with Gasteiger partial charge in [-0.15, -0.1) is 11.3 Å². The standard InChI is InChI=1S/C17H15FIN3O4S/c1-22-12(6-9-2-3-10(19)7-11(9)18)13(16(24)21-26-5-4-23)15-14(17(22)25)20-8-27-15/h2-3,7-8,23H,4-6H2,1H3,(H,21,24). The Kier molecular flexibility index (Phi) is 6.19. The Labute approximate surface area is 170 Å². The summed E-state index contributed by atoms with van der Waals surface area (Å²) in [6, 6.07) is 4.78. The van der Waals surface area contributed by atoms with Gasteiger partial charge in [0, 0.05) is 22.7 Å². The van der Waals surface area contributed by atoms with E-state index in [-0.39, 0.29) is 36.3 Å².